The first kappa shape index (κ1) is 21.4. The maximum atomic E-state index is 13.9. The molecule has 2 aliphatic heterocycles. The van der Waals surface area contributed by atoms with E-state index in [2.05, 4.69) is 29.8 Å². The van der Waals surface area contributed by atoms with Crippen molar-refractivity contribution in [3.8, 4) is 10.6 Å². The van der Waals surface area contributed by atoms with Gasteiger partial charge in [-0.25, -0.2) is 17.8 Å². The summed E-state index contributed by atoms with van der Waals surface area (Å²) in [7, 11) is -3.66. The molecule has 2 aromatic heterocycles. The molecule has 9 heteroatoms. The predicted octanol–water partition coefficient (Wildman–Crippen LogP) is 4.94. The molecule has 0 bridgehead atoms. The van der Waals surface area contributed by atoms with Gasteiger partial charge in [0.25, 0.3) is 10.0 Å². The van der Waals surface area contributed by atoms with Crippen molar-refractivity contribution >= 4 is 27.0 Å². The number of aromatic nitrogens is 1. The minimum absolute atomic E-state index is 0.0896. The molecule has 5 rings (SSSR count). The van der Waals surface area contributed by atoms with Crippen molar-refractivity contribution in [2.45, 2.75) is 44.8 Å². The summed E-state index contributed by atoms with van der Waals surface area (Å²) in [6.45, 7) is 5.46. The van der Waals surface area contributed by atoms with Gasteiger partial charge in [-0.3, -0.25) is 9.21 Å². The summed E-state index contributed by atoms with van der Waals surface area (Å²) in [4.78, 5) is 7.85. The molecule has 0 N–H and O–H groups in total. The number of piperidine rings is 1. The third kappa shape index (κ3) is 3.58. The number of aryl methyl sites for hydroxylation is 1. The van der Waals surface area contributed by atoms with Gasteiger partial charge < -0.3 is 4.42 Å². The van der Waals surface area contributed by atoms with Crippen LogP contribution in [0.2, 0.25) is 0 Å². The fourth-order valence-corrected chi connectivity index (χ4v) is 7.46. The van der Waals surface area contributed by atoms with Gasteiger partial charge in [0.15, 0.2) is 12.2 Å². The van der Waals surface area contributed by atoms with Crippen molar-refractivity contribution in [1.29, 1.82) is 0 Å². The zero-order valence-electron chi connectivity index (χ0n) is 17.9. The molecule has 0 radical (unpaired) electrons. The molecule has 2 aliphatic rings. The van der Waals surface area contributed by atoms with Crippen LogP contribution in [0, 0.1) is 12.7 Å². The van der Waals surface area contributed by atoms with Gasteiger partial charge in [0.2, 0.25) is 0 Å². The van der Waals surface area contributed by atoms with Crippen LogP contribution in [0.15, 0.2) is 58.0 Å². The van der Waals surface area contributed by atoms with E-state index in [1.165, 1.54) is 28.2 Å². The molecule has 1 fully saturated rings. The summed E-state index contributed by atoms with van der Waals surface area (Å²) in [5.41, 5.74) is 1.71. The molecule has 6 nitrogen and oxygen atoms in total. The highest BCUT2D eigenvalue weighted by Gasteiger charge is 2.49. The quantitative estimate of drug-likeness (QED) is 0.537. The number of benzene rings is 1. The number of anilines is 1. The van der Waals surface area contributed by atoms with E-state index in [4.69, 9.17) is 4.42 Å². The van der Waals surface area contributed by atoms with Crippen molar-refractivity contribution in [2.75, 3.05) is 10.8 Å². The first-order valence-electron chi connectivity index (χ1n) is 10.5. The highest BCUT2D eigenvalue weighted by atomic mass is 32.2. The Bertz CT molecular complexity index is 1280. The van der Waals surface area contributed by atoms with Gasteiger partial charge in [-0.15, -0.1) is 11.3 Å². The van der Waals surface area contributed by atoms with E-state index in [1.807, 2.05) is 5.38 Å². The van der Waals surface area contributed by atoms with Gasteiger partial charge in [0.05, 0.1) is 16.1 Å². The van der Waals surface area contributed by atoms with Gasteiger partial charge in [-0.1, -0.05) is 6.07 Å². The van der Waals surface area contributed by atoms with Crippen LogP contribution in [0.5, 0.6) is 0 Å². The Kier molecular flexibility index (Phi) is 5.22. The Labute approximate surface area is 191 Å². The summed E-state index contributed by atoms with van der Waals surface area (Å²) in [6.07, 6.45) is 4.47. The topological polar surface area (TPSA) is 66.7 Å². The van der Waals surface area contributed by atoms with Gasteiger partial charge in [-0.05, 0) is 68.0 Å². The van der Waals surface area contributed by atoms with Gasteiger partial charge >= 0.3 is 0 Å². The molecular formula is C23H24FN3O3S2. The van der Waals surface area contributed by atoms with Crippen LogP contribution >= 0.6 is 11.3 Å². The fraction of sp³-hybridized carbons (Fsp3) is 0.348. The number of sulfonamides is 1. The number of nitrogens with zero attached hydrogens (tertiary/aromatic N) is 3. The van der Waals surface area contributed by atoms with Crippen molar-refractivity contribution in [2.24, 2.45) is 0 Å². The van der Waals surface area contributed by atoms with Crippen LogP contribution in [0.1, 0.15) is 31.0 Å². The second-order valence-corrected chi connectivity index (χ2v) is 11.1. The minimum Gasteiger partial charge on any atom is -0.442 e. The number of halogens is 1. The van der Waals surface area contributed by atoms with Gasteiger partial charge in [0, 0.05) is 24.5 Å². The Balaban J connectivity index is 1.39. The normalized spacial score (nSPS) is 25.1. The van der Waals surface area contributed by atoms with Crippen LogP contribution in [0.3, 0.4) is 0 Å². The Morgan fingerprint density at radius 1 is 1.34 bits per heavy atom. The molecule has 3 aromatic rings. The Hall–Kier alpha value is -2.49. The van der Waals surface area contributed by atoms with Gasteiger partial charge in [0.1, 0.15) is 11.5 Å². The minimum atomic E-state index is -3.66. The smallest absolute Gasteiger partial charge is 0.258 e. The average Bonchev–Trinajstić information content (AvgIpc) is 3.42. The Morgan fingerprint density at radius 2 is 2.19 bits per heavy atom. The van der Waals surface area contributed by atoms with Crippen LogP contribution in [0.25, 0.3) is 10.6 Å². The molecule has 1 spiro atoms. The molecule has 168 valence electrons. The lowest BCUT2D eigenvalue weighted by Gasteiger charge is -2.47. The molecule has 4 heterocycles. The number of oxazole rings is 1. The predicted molar refractivity (Wildman–Crippen MR) is 123 cm³/mol. The summed E-state index contributed by atoms with van der Waals surface area (Å²) >= 11 is 1.63. The zero-order valence-corrected chi connectivity index (χ0v) is 19.5. The molecule has 0 unspecified atom stereocenters. The standard InChI is InChI=1S/C23H24FN3O3S2/c1-16-6-10-31-22(16)21-20(25-15-30-21)14-26-9-7-23(13-17(26)2)8-11-32(28,29)27(23)19-5-3-4-18(24)12-19/h3-6,8,10-12,15,17H,7,9,13-14H2,1-2H3/t17-,23-/m0/s1. The van der Waals surface area contributed by atoms with Crippen LogP contribution < -0.4 is 4.31 Å². The van der Waals surface area contributed by atoms with Crippen molar-refractivity contribution < 1.29 is 17.2 Å². The maximum Gasteiger partial charge on any atom is 0.258 e. The molecule has 2 atom stereocenters. The van der Waals surface area contributed by atoms with Gasteiger partial charge in [-0.2, -0.15) is 0 Å². The number of likely N-dealkylation sites (tertiary alicyclic amines) is 1. The van der Waals surface area contributed by atoms with Crippen molar-refractivity contribution in [1.82, 2.24) is 9.88 Å². The number of thiophene rings is 1. The van der Waals surface area contributed by atoms with E-state index in [0.29, 0.717) is 31.6 Å². The Morgan fingerprint density at radius 3 is 2.91 bits per heavy atom. The van der Waals surface area contributed by atoms with Crippen LogP contribution in [-0.4, -0.2) is 36.4 Å². The first-order chi connectivity index (χ1) is 15.3. The highest BCUT2D eigenvalue weighted by Crippen LogP contribution is 2.44. The second-order valence-electron chi connectivity index (χ2n) is 8.53. The van der Waals surface area contributed by atoms with E-state index < -0.39 is 21.4 Å². The van der Waals surface area contributed by atoms with E-state index in [0.717, 1.165) is 21.9 Å². The SMILES string of the molecule is Cc1ccsc1-c1ocnc1CN1CC[C@]2(C=CS(=O)(=O)N2c2cccc(F)c2)C[C@@H]1C. The monoisotopic (exact) mass is 473 g/mol. The lowest BCUT2D eigenvalue weighted by molar-refractivity contribution is 0.118. The molecule has 0 aliphatic carbocycles. The van der Waals surface area contributed by atoms with E-state index in [9.17, 15) is 12.8 Å². The molecular weight excluding hydrogens is 449 g/mol. The summed E-state index contributed by atoms with van der Waals surface area (Å²) in [5.74, 6) is 0.349. The molecule has 1 aromatic carbocycles. The molecule has 0 amide bonds. The zero-order chi connectivity index (χ0) is 22.5. The van der Waals surface area contributed by atoms with Crippen LogP contribution in [0.4, 0.5) is 10.1 Å². The van der Waals surface area contributed by atoms with E-state index in [1.54, 1.807) is 29.5 Å². The summed E-state index contributed by atoms with van der Waals surface area (Å²) < 4.78 is 46.8. The second kappa shape index (κ2) is 7.83. The lowest BCUT2D eigenvalue weighted by atomic mass is 9.83. The van der Waals surface area contributed by atoms with E-state index >= 15 is 0 Å². The third-order valence-corrected chi connectivity index (χ3v) is 9.00. The number of hydrogen-bond donors (Lipinski definition) is 0. The summed E-state index contributed by atoms with van der Waals surface area (Å²) in [6, 6.07) is 7.96. The number of rotatable bonds is 4. The maximum absolute atomic E-state index is 13.9. The summed E-state index contributed by atoms with van der Waals surface area (Å²) in [5, 5.41) is 3.30. The van der Waals surface area contributed by atoms with E-state index in [-0.39, 0.29) is 6.04 Å². The highest BCUT2D eigenvalue weighted by molar-refractivity contribution is 7.96. The molecule has 1 saturated heterocycles. The molecule has 32 heavy (non-hydrogen) atoms. The lowest BCUT2D eigenvalue weighted by Crippen LogP contribution is -2.56. The first-order valence-corrected chi connectivity index (χ1v) is 12.9. The largest absolute Gasteiger partial charge is 0.442 e. The number of hydrogen-bond acceptors (Lipinski definition) is 6. The van der Waals surface area contributed by atoms with Crippen LogP contribution in [-0.2, 0) is 16.6 Å². The fourth-order valence-electron chi connectivity index (χ4n) is 4.84. The molecule has 0 saturated carbocycles. The van der Waals surface area contributed by atoms with Crippen molar-refractivity contribution in [3.05, 3.63) is 70.7 Å². The van der Waals surface area contributed by atoms with Crippen molar-refractivity contribution in [3.63, 3.8) is 0 Å². The third-order valence-electron chi connectivity index (χ3n) is 6.42. The average molecular weight is 474 g/mol.